The molecule has 0 saturated carbocycles. The maximum atomic E-state index is 12.4. The van der Waals surface area contributed by atoms with Crippen LogP contribution in [0.4, 0.5) is 0 Å². The number of piperidine rings is 1. The number of likely N-dealkylation sites (tertiary alicyclic amines) is 1. The Labute approximate surface area is 168 Å². The lowest BCUT2D eigenvalue weighted by molar-refractivity contribution is -0.133. The zero-order valence-electron chi connectivity index (χ0n) is 15.8. The third-order valence-electron chi connectivity index (χ3n) is 5.08. The number of thioether (sulfide) groups is 1. The summed E-state index contributed by atoms with van der Waals surface area (Å²) < 4.78 is 5.07. The van der Waals surface area contributed by atoms with Crippen molar-refractivity contribution in [3.05, 3.63) is 29.8 Å². The van der Waals surface area contributed by atoms with Gasteiger partial charge in [-0.15, -0.1) is 0 Å². The van der Waals surface area contributed by atoms with Crippen LogP contribution in [0.2, 0.25) is 0 Å². The van der Waals surface area contributed by atoms with Crippen LogP contribution >= 0.6 is 11.8 Å². The number of ketones is 2. The molecule has 3 rings (SSSR count). The Morgan fingerprint density at radius 1 is 1.18 bits per heavy atom. The highest BCUT2D eigenvalue weighted by Crippen LogP contribution is 2.27. The van der Waals surface area contributed by atoms with Crippen LogP contribution in [-0.2, 0) is 14.4 Å². The van der Waals surface area contributed by atoms with Gasteiger partial charge in [0.05, 0.1) is 19.0 Å². The number of carbonyl (C=O) groups excluding carboxylic acids is 4. The fourth-order valence-electron chi connectivity index (χ4n) is 3.58. The number of benzene rings is 1. The predicted molar refractivity (Wildman–Crippen MR) is 105 cm³/mol. The van der Waals surface area contributed by atoms with E-state index < -0.39 is 6.04 Å². The number of nitrogens with one attached hydrogen (secondary N) is 1. The first kappa shape index (κ1) is 20.5. The summed E-state index contributed by atoms with van der Waals surface area (Å²) in [5.41, 5.74) is 0.534. The van der Waals surface area contributed by atoms with Crippen molar-refractivity contribution in [1.82, 2.24) is 10.2 Å². The summed E-state index contributed by atoms with van der Waals surface area (Å²) in [6.07, 6.45) is 2.34. The zero-order valence-corrected chi connectivity index (χ0v) is 16.6. The van der Waals surface area contributed by atoms with E-state index in [1.54, 1.807) is 31.4 Å². The summed E-state index contributed by atoms with van der Waals surface area (Å²) in [4.78, 5) is 50.6. The molecule has 2 saturated heterocycles. The summed E-state index contributed by atoms with van der Waals surface area (Å²) >= 11 is 1.05. The molecule has 0 aromatic heterocycles. The van der Waals surface area contributed by atoms with Crippen LogP contribution < -0.4 is 10.1 Å². The van der Waals surface area contributed by atoms with Gasteiger partial charge in [-0.2, -0.15) is 0 Å². The van der Waals surface area contributed by atoms with Gasteiger partial charge >= 0.3 is 0 Å². The third kappa shape index (κ3) is 4.80. The van der Waals surface area contributed by atoms with Crippen molar-refractivity contribution < 1.29 is 23.9 Å². The molecule has 7 nitrogen and oxygen atoms in total. The normalized spacial score (nSPS) is 22.9. The molecule has 0 aliphatic carbocycles. The van der Waals surface area contributed by atoms with Gasteiger partial charge < -0.3 is 10.1 Å². The van der Waals surface area contributed by atoms with E-state index in [-0.39, 0.29) is 47.3 Å². The van der Waals surface area contributed by atoms with E-state index >= 15 is 0 Å². The maximum Gasteiger partial charge on any atom is 0.221 e. The van der Waals surface area contributed by atoms with Crippen molar-refractivity contribution in [1.29, 1.82) is 0 Å². The Morgan fingerprint density at radius 2 is 1.93 bits per heavy atom. The molecule has 1 amide bonds. The molecule has 28 heavy (non-hydrogen) atoms. The molecule has 2 unspecified atom stereocenters. The molecule has 1 aromatic rings. The van der Waals surface area contributed by atoms with Gasteiger partial charge in [0, 0.05) is 24.9 Å². The van der Waals surface area contributed by atoms with Gasteiger partial charge in [0.25, 0.3) is 0 Å². The number of rotatable bonds is 7. The first-order valence-corrected chi connectivity index (χ1v) is 10.4. The van der Waals surface area contributed by atoms with Crippen molar-refractivity contribution >= 4 is 34.4 Å². The second-order valence-electron chi connectivity index (χ2n) is 6.95. The Kier molecular flexibility index (Phi) is 6.85. The van der Waals surface area contributed by atoms with Crippen molar-refractivity contribution in [3.8, 4) is 5.75 Å². The molecule has 2 aliphatic rings. The summed E-state index contributed by atoms with van der Waals surface area (Å²) in [5.74, 6) is 0.420. The van der Waals surface area contributed by atoms with Crippen LogP contribution in [0.15, 0.2) is 24.3 Å². The molecule has 2 fully saturated rings. The lowest BCUT2D eigenvalue weighted by Crippen LogP contribution is -2.57. The smallest absolute Gasteiger partial charge is 0.221 e. The van der Waals surface area contributed by atoms with Crippen LogP contribution in [0.3, 0.4) is 0 Å². The Bertz CT molecular complexity index is 748. The molecule has 1 N–H and O–H groups in total. The quantitative estimate of drug-likeness (QED) is 0.547. The van der Waals surface area contributed by atoms with Gasteiger partial charge in [-0.3, -0.25) is 24.1 Å². The number of hydrogen-bond acceptors (Lipinski definition) is 7. The van der Waals surface area contributed by atoms with Gasteiger partial charge in [0.2, 0.25) is 11.0 Å². The van der Waals surface area contributed by atoms with E-state index in [1.807, 2.05) is 4.90 Å². The van der Waals surface area contributed by atoms with Gasteiger partial charge in [0.15, 0.2) is 11.6 Å². The van der Waals surface area contributed by atoms with Crippen molar-refractivity contribution in [2.45, 2.75) is 44.3 Å². The summed E-state index contributed by atoms with van der Waals surface area (Å²) in [7, 11) is 1.56. The topological polar surface area (TPSA) is 92.8 Å². The second kappa shape index (κ2) is 9.34. The molecule has 2 atom stereocenters. The zero-order chi connectivity index (χ0) is 20.1. The Hall–Kier alpha value is -2.19. The summed E-state index contributed by atoms with van der Waals surface area (Å²) in [6.45, 7) is 0.610. The molecule has 150 valence electrons. The number of carbonyl (C=O) groups is 4. The third-order valence-corrected chi connectivity index (χ3v) is 6.02. The van der Waals surface area contributed by atoms with Gasteiger partial charge in [0.1, 0.15) is 11.8 Å². The fraction of sp³-hybridized carbons (Fsp3) is 0.500. The highest BCUT2D eigenvalue weighted by Gasteiger charge is 2.42. The lowest BCUT2D eigenvalue weighted by atomic mass is 10.0. The van der Waals surface area contributed by atoms with Crippen molar-refractivity contribution in [3.63, 3.8) is 0 Å². The number of methoxy groups -OCH3 is 1. The number of amides is 1. The number of hydrogen-bond donors (Lipinski definition) is 1. The average Bonchev–Trinajstić information content (AvgIpc) is 3.05. The maximum absolute atomic E-state index is 12.4. The van der Waals surface area contributed by atoms with Crippen LogP contribution in [0.25, 0.3) is 0 Å². The van der Waals surface area contributed by atoms with Crippen molar-refractivity contribution in [2.75, 3.05) is 19.4 Å². The summed E-state index contributed by atoms with van der Waals surface area (Å²) in [5, 5.41) is 2.77. The van der Waals surface area contributed by atoms with E-state index in [2.05, 4.69) is 5.32 Å². The lowest BCUT2D eigenvalue weighted by Gasteiger charge is -2.38. The van der Waals surface area contributed by atoms with E-state index in [0.29, 0.717) is 24.3 Å². The van der Waals surface area contributed by atoms with Gasteiger partial charge in [-0.25, -0.2) is 0 Å². The first-order chi connectivity index (χ1) is 13.5. The van der Waals surface area contributed by atoms with Crippen LogP contribution in [0.5, 0.6) is 5.75 Å². The number of ether oxygens (including phenoxy) is 1. The van der Waals surface area contributed by atoms with E-state index in [1.165, 1.54) is 0 Å². The molecule has 0 spiro atoms. The Morgan fingerprint density at radius 3 is 2.57 bits per heavy atom. The molecule has 1 aromatic carbocycles. The minimum atomic E-state index is -0.753. The van der Waals surface area contributed by atoms with Gasteiger partial charge in [-0.1, -0.05) is 11.8 Å². The minimum Gasteiger partial charge on any atom is -0.497 e. The molecule has 0 radical (unpaired) electrons. The van der Waals surface area contributed by atoms with Crippen LogP contribution in [-0.4, -0.2) is 59.1 Å². The molecule has 2 heterocycles. The standard InChI is InChI=1S/C20H24N2O5S/c1-27-14-7-5-13(6-8-14)15(23)9-10-18(25)21-17-4-2-3-11-22(17)19-16(24)12-28-20(19)26/h5-8,17,19H,2-4,9-12H2,1H3,(H,21,25). The summed E-state index contributed by atoms with van der Waals surface area (Å²) in [6, 6.07) is 6.02. The van der Waals surface area contributed by atoms with E-state index in [0.717, 1.165) is 24.6 Å². The molecular formula is C20H24N2O5S. The highest BCUT2D eigenvalue weighted by atomic mass is 32.2. The highest BCUT2D eigenvalue weighted by molar-refractivity contribution is 8.15. The number of nitrogens with zero attached hydrogens (tertiary/aromatic N) is 1. The SMILES string of the molecule is COc1ccc(C(=O)CCC(=O)NC2CCCCN2C2C(=O)CSC2=O)cc1. The van der Waals surface area contributed by atoms with E-state index in [9.17, 15) is 19.2 Å². The average molecular weight is 404 g/mol. The molecule has 2 aliphatic heterocycles. The van der Waals surface area contributed by atoms with Crippen molar-refractivity contribution in [2.24, 2.45) is 0 Å². The first-order valence-electron chi connectivity index (χ1n) is 9.41. The fourth-order valence-corrected chi connectivity index (χ4v) is 4.44. The van der Waals surface area contributed by atoms with Gasteiger partial charge in [-0.05, 0) is 43.5 Å². The minimum absolute atomic E-state index is 0.0660. The number of Topliss-reactive ketones (excluding diaryl/α,β-unsaturated/α-hetero) is 2. The van der Waals surface area contributed by atoms with E-state index in [4.69, 9.17) is 4.74 Å². The Balaban J connectivity index is 1.54. The largest absolute Gasteiger partial charge is 0.497 e. The van der Waals surface area contributed by atoms with Crippen LogP contribution in [0, 0.1) is 0 Å². The molecule has 0 bridgehead atoms. The van der Waals surface area contributed by atoms with Crippen LogP contribution in [0.1, 0.15) is 42.5 Å². The molecule has 8 heteroatoms. The second-order valence-corrected chi connectivity index (χ2v) is 7.92. The monoisotopic (exact) mass is 404 g/mol. The predicted octanol–water partition coefficient (Wildman–Crippen LogP) is 1.80. The molecular weight excluding hydrogens is 380 g/mol.